The predicted molar refractivity (Wildman–Crippen MR) is 135 cm³/mol. The van der Waals surface area contributed by atoms with Gasteiger partial charge in [-0.05, 0) is 63.9 Å². The molecule has 0 aliphatic heterocycles. The maximum atomic E-state index is 13.4. The van der Waals surface area contributed by atoms with Gasteiger partial charge in [0.1, 0.15) is 5.82 Å². The van der Waals surface area contributed by atoms with Gasteiger partial charge in [-0.3, -0.25) is 4.79 Å². The molecule has 0 bridgehead atoms. The van der Waals surface area contributed by atoms with Crippen LogP contribution < -0.4 is 5.56 Å². The van der Waals surface area contributed by atoms with Crippen molar-refractivity contribution in [2.45, 2.75) is 58.8 Å². The summed E-state index contributed by atoms with van der Waals surface area (Å²) in [7, 11) is 0. The molecule has 0 amide bonds. The van der Waals surface area contributed by atoms with Crippen LogP contribution in [-0.4, -0.2) is 20.4 Å². The molecule has 33 heavy (non-hydrogen) atoms. The van der Waals surface area contributed by atoms with E-state index in [1.807, 2.05) is 30.5 Å². The minimum absolute atomic E-state index is 0.0928. The lowest BCUT2D eigenvalue weighted by atomic mass is 9.88. The molecule has 1 saturated carbocycles. The third kappa shape index (κ3) is 4.04. The minimum atomic E-state index is -0.0928. The Labute approximate surface area is 194 Å². The zero-order chi connectivity index (χ0) is 22.9. The average molecular weight is 439 g/mol. The molecule has 5 rings (SSSR count). The van der Waals surface area contributed by atoms with Crippen molar-refractivity contribution in [3.05, 3.63) is 93.3 Å². The third-order valence-electron chi connectivity index (χ3n) is 6.82. The van der Waals surface area contributed by atoms with Gasteiger partial charge in [0.2, 0.25) is 0 Å². The highest BCUT2D eigenvalue weighted by atomic mass is 16.1. The lowest BCUT2D eigenvalue weighted by Crippen LogP contribution is -2.25. The minimum Gasteiger partial charge on any atom is -0.318 e. The zero-order valence-electron chi connectivity index (χ0n) is 19.6. The van der Waals surface area contributed by atoms with Gasteiger partial charge in [0.15, 0.2) is 0 Å². The van der Waals surface area contributed by atoms with Crippen molar-refractivity contribution in [3.63, 3.8) is 0 Å². The number of para-hydroxylation sites is 1. The number of benzene rings is 2. The Balaban J connectivity index is 1.60. The Morgan fingerprint density at radius 3 is 2.45 bits per heavy atom. The summed E-state index contributed by atoms with van der Waals surface area (Å²) in [6, 6.07) is 18.2. The molecule has 2 aromatic heterocycles. The van der Waals surface area contributed by atoms with Gasteiger partial charge in [-0.1, -0.05) is 49.1 Å². The fourth-order valence-corrected chi connectivity index (χ4v) is 5.01. The van der Waals surface area contributed by atoms with E-state index in [1.54, 1.807) is 4.68 Å². The van der Waals surface area contributed by atoms with Crippen molar-refractivity contribution < 1.29 is 0 Å². The number of rotatable bonds is 4. The summed E-state index contributed by atoms with van der Waals surface area (Å²) < 4.78 is 3.78. The topological polar surface area (TPSA) is 52.2 Å². The van der Waals surface area contributed by atoms with Crippen molar-refractivity contribution in [2.75, 3.05) is 0 Å². The van der Waals surface area contributed by atoms with E-state index in [4.69, 9.17) is 10.1 Å². The first-order valence-corrected chi connectivity index (χ1v) is 11.8. The summed E-state index contributed by atoms with van der Waals surface area (Å²) in [5, 5.41) is 5.34. The van der Waals surface area contributed by atoms with Crippen LogP contribution >= 0.6 is 0 Å². The smallest absolute Gasteiger partial charge is 0.282 e. The van der Waals surface area contributed by atoms with E-state index in [1.165, 1.54) is 24.8 Å². The Kier molecular flexibility index (Phi) is 5.71. The summed E-state index contributed by atoms with van der Waals surface area (Å²) in [5.41, 5.74) is 6.26. The highest BCUT2D eigenvalue weighted by molar-refractivity contribution is 5.82. The van der Waals surface area contributed by atoms with Crippen LogP contribution in [0.2, 0.25) is 0 Å². The maximum Gasteiger partial charge on any atom is 0.282 e. The number of hydrogen-bond donors (Lipinski definition) is 0. The molecule has 2 aromatic carbocycles. The quantitative estimate of drug-likeness (QED) is 0.365. The van der Waals surface area contributed by atoms with E-state index < -0.39 is 0 Å². The van der Waals surface area contributed by atoms with Gasteiger partial charge in [0.05, 0.1) is 17.1 Å². The molecule has 4 aromatic rings. The fourth-order valence-electron chi connectivity index (χ4n) is 5.01. The molecule has 0 N–H and O–H groups in total. The fraction of sp³-hybridized carbons (Fsp3) is 0.321. The van der Waals surface area contributed by atoms with E-state index in [0.717, 1.165) is 46.8 Å². The summed E-state index contributed by atoms with van der Waals surface area (Å²) in [6.07, 6.45) is 7.54. The van der Waals surface area contributed by atoms with E-state index >= 15 is 0 Å². The van der Waals surface area contributed by atoms with Gasteiger partial charge >= 0.3 is 0 Å². The Hall–Kier alpha value is -3.47. The van der Waals surface area contributed by atoms with Gasteiger partial charge in [-0.25, -0.2) is 4.98 Å². The summed E-state index contributed by atoms with van der Waals surface area (Å²) >= 11 is 0. The molecule has 0 saturated heterocycles. The predicted octanol–water partition coefficient (Wildman–Crippen LogP) is 6.04. The molecule has 0 atom stereocenters. The van der Waals surface area contributed by atoms with E-state index in [-0.39, 0.29) is 11.5 Å². The maximum absolute atomic E-state index is 13.4. The highest BCUT2D eigenvalue weighted by Crippen LogP contribution is 2.31. The second-order valence-electron chi connectivity index (χ2n) is 9.18. The van der Waals surface area contributed by atoms with Gasteiger partial charge in [0.25, 0.3) is 5.56 Å². The van der Waals surface area contributed by atoms with Gasteiger partial charge < -0.3 is 4.57 Å². The molecule has 1 aliphatic carbocycles. The Bertz CT molecular complexity index is 1390. The number of aromatic nitrogens is 3. The van der Waals surface area contributed by atoms with Crippen LogP contribution in [0, 0.1) is 20.8 Å². The molecule has 5 heteroatoms. The molecule has 0 radical (unpaired) electrons. The molecular weight excluding hydrogens is 408 g/mol. The van der Waals surface area contributed by atoms with Crippen molar-refractivity contribution in [1.82, 2.24) is 14.2 Å². The van der Waals surface area contributed by atoms with Crippen LogP contribution in [0.1, 0.15) is 66.4 Å². The molecule has 1 fully saturated rings. The van der Waals surface area contributed by atoms with Crippen molar-refractivity contribution in [3.8, 4) is 5.69 Å². The van der Waals surface area contributed by atoms with E-state index in [0.29, 0.717) is 5.39 Å². The van der Waals surface area contributed by atoms with Gasteiger partial charge in [-0.2, -0.15) is 9.78 Å². The lowest BCUT2D eigenvalue weighted by molar-refractivity contribution is 0.416. The highest BCUT2D eigenvalue weighted by Gasteiger charge is 2.22. The molecular formula is C28H30N4O. The Morgan fingerprint density at radius 2 is 1.70 bits per heavy atom. The first kappa shape index (κ1) is 21.4. The SMILES string of the molecule is Cc1ccc(-n2c(C)cc(C=Nn3c(C4CCCCC4)nc4ccccc4c3=O)c2C)cc1. The van der Waals surface area contributed by atoms with Crippen LogP contribution in [0.3, 0.4) is 0 Å². The first-order chi connectivity index (χ1) is 16.0. The molecule has 1 aliphatic rings. The van der Waals surface area contributed by atoms with Crippen molar-refractivity contribution >= 4 is 17.1 Å². The van der Waals surface area contributed by atoms with E-state index in [9.17, 15) is 4.79 Å². The van der Waals surface area contributed by atoms with E-state index in [2.05, 4.69) is 55.7 Å². The molecule has 2 heterocycles. The molecule has 0 spiro atoms. The second kappa shape index (κ2) is 8.81. The van der Waals surface area contributed by atoms with Gasteiger partial charge in [-0.15, -0.1) is 0 Å². The van der Waals surface area contributed by atoms with Crippen LogP contribution in [0.25, 0.3) is 16.6 Å². The largest absolute Gasteiger partial charge is 0.318 e. The number of fused-ring (bicyclic) bond motifs is 1. The number of aryl methyl sites for hydroxylation is 2. The third-order valence-corrected chi connectivity index (χ3v) is 6.82. The van der Waals surface area contributed by atoms with Crippen LogP contribution in [0.5, 0.6) is 0 Å². The van der Waals surface area contributed by atoms with Crippen molar-refractivity contribution in [2.24, 2.45) is 5.10 Å². The normalized spacial score (nSPS) is 15.0. The summed E-state index contributed by atoms with van der Waals surface area (Å²) in [5.74, 6) is 1.06. The molecule has 168 valence electrons. The van der Waals surface area contributed by atoms with Crippen LogP contribution in [0.4, 0.5) is 0 Å². The van der Waals surface area contributed by atoms with Crippen LogP contribution in [0.15, 0.2) is 64.5 Å². The second-order valence-corrected chi connectivity index (χ2v) is 9.18. The molecule has 5 nitrogen and oxygen atoms in total. The number of nitrogens with zero attached hydrogens (tertiary/aromatic N) is 4. The number of hydrogen-bond acceptors (Lipinski definition) is 3. The average Bonchev–Trinajstić information content (AvgIpc) is 3.12. The molecule has 0 unspecified atom stereocenters. The van der Waals surface area contributed by atoms with Crippen LogP contribution in [-0.2, 0) is 0 Å². The van der Waals surface area contributed by atoms with Gasteiger partial charge in [0, 0.05) is 28.6 Å². The first-order valence-electron chi connectivity index (χ1n) is 11.8. The van der Waals surface area contributed by atoms with Crippen molar-refractivity contribution in [1.29, 1.82) is 0 Å². The Morgan fingerprint density at radius 1 is 0.970 bits per heavy atom. The monoisotopic (exact) mass is 438 g/mol. The lowest BCUT2D eigenvalue weighted by Gasteiger charge is -2.22. The zero-order valence-corrected chi connectivity index (χ0v) is 19.6. The summed E-state index contributed by atoms with van der Waals surface area (Å²) in [6.45, 7) is 6.29. The standard InChI is InChI=1S/C28H30N4O/c1-19-13-15-24(16-14-19)31-20(2)17-23(21(31)3)18-29-32-27(22-9-5-4-6-10-22)30-26-12-8-7-11-25(26)28(32)33/h7-8,11-18,22H,4-6,9-10H2,1-3H3. The summed E-state index contributed by atoms with van der Waals surface area (Å²) in [4.78, 5) is 18.3.